The molecule has 0 heterocycles. The molecule has 14 heavy (non-hydrogen) atoms. The zero-order valence-corrected chi connectivity index (χ0v) is 8.97. The normalized spacial score (nSPS) is 9.86. The zero-order valence-electron chi connectivity index (χ0n) is 8.97. The number of terminal acetylenes is 2. The van der Waals surface area contributed by atoms with E-state index < -0.39 is 0 Å². The van der Waals surface area contributed by atoms with Gasteiger partial charge in [-0.25, -0.2) is 0 Å². The van der Waals surface area contributed by atoms with Gasteiger partial charge in [0.05, 0.1) is 0 Å². The molecule has 0 aliphatic rings. The minimum absolute atomic E-state index is 0.913. The minimum atomic E-state index is 0.913. The predicted molar refractivity (Wildman–Crippen MR) is 63.7 cm³/mol. The molecule has 0 radical (unpaired) electrons. The summed E-state index contributed by atoms with van der Waals surface area (Å²) < 4.78 is 0. The van der Waals surface area contributed by atoms with Crippen LogP contribution in [0.25, 0.3) is 0 Å². The molecule has 0 aromatic heterocycles. The maximum absolute atomic E-state index is 5.15. The van der Waals surface area contributed by atoms with Crippen molar-refractivity contribution in [2.45, 2.75) is 51.4 Å². The molecular weight excluding hydrogens is 168 g/mol. The van der Waals surface area contributed by atoms with E-state index in [1.165, 1.54) is 12.8 Å². The zero-order chi connectivity index (χ0) is 10.5. The Kier molecular flexibility index (Phi) is 10.9. The Bertz CT molecular complexity index is 185. The molecule has 76 valence electrons. The Morgan fingerprint density at radius 1 is 0.714 bits per heavy atom. The second kappa shape index (κ2) is 11.9. The monoisotopic (exact) mass is 188 g/mol. The van der Waals surface area contributed by atoms with Crippen molar-refractivity contribution in [3.63, 3.8) is 0 Å². The van der Waals surface area contributed by atoms with Crippen molar-refractivity contribution in [3.05, 3.63) is 12.2 Å². The van der Waals surface area contributed by atoms with Crippen LogP contribution in [0.15, 0.2) is 12.2 Å². The van der Waals surface area contributed by atoms with Crippen molar-refractivity contribution >= 4 is 0 Å². The van der Waals surface area contributed by atoms with Gasteiger partial charge in [0.15, 0.2) is 0 Å². The summed E-state index contributed by atoms with van der Waals surface area (Å²) in [5.74, 6) is 5.30. The molecule has 0 unspecified atom stereocenters. The molecule has 0 aliphatic carbocycles. The fourth-order valence-corrected chi connectivity index (χ4v) is 1.21. The summed E-state index contributed by atoms with van der Waals surface area (Å²) in [6, 6.07) is 0. The molecule has 0 heteroatoms. The lowest BCUT2D eigenvalue weighted by molar-refractivity contribution is 0.754. The second-order valence-electron chi connectivity index (χ2n) is 3.37. The highest BCUT2D eigenvalue weighted by Crippen LogP contribution is 2.03. The molecule has 0 nitrogen and oxygen atoms in total. The highest BCUT2D eigenvalue weighted by atomic mass is 13.9. The summed E-state index contributed by atoms with van der Waals surface area (Å²) in [7, 11) is 0. The average molecular weight is 188 g/mol. The van der Waals surface area contributed by atoms with Crippen LogP contribution >= 0.6 is 0 Å². The summed E-state index contributed by atoms with van der Waals surface area (Å²) in [4.78, 5) is 0. The average Bonchev–Trinajstić information content (AvgIpc) is 2.21. The van der Waals surface area contributed by atoms with Crippen LogP contribution in [0, 0.1) is 24.7 Å². The van der Waals surface area contributed by atoms with Gasteiger partial charge in [0, 0.05) is 12.8 Å². The number of allylic oxidation sites excluding steroid dienone is 2. The molecule has 0 aliphatic heterocycles. The first-order valence-electron chi connectivity index (χ1n) is 5.43. The van der Waals surface area contributed by atoms with Crippen molar-refractivity contribution in [3.8, 4) is 24.7 Å². The van der Waals surface area contributed by atoms with Gasteiger partial charge in [0.2, 0.25) is 0 Å². The van der Waals surface area contributed by atoms with Crippen molar-refractivity contribution < 1.29 is 0 Å². The Balaban J connectivity index is 3.05. The number of rotatable bonds is 8. The summed E-state index contributed by atoms with van der Waals surface area (Å²) in [5.41, 5.74) is 0. The fraction of sp³-hybridized carbons (Fsp3) is 0.571. The first kappa shape index (κ1) is 12.9. The molecule has 0 aromatic rings. The van der Waals surface area contributed by atoms with Gasteiger partial charge < -0.3 is 0 Å². The molecular formula is C14H20. The first-order valence-corrected chi connectivity index (χ1v) is 5.43. The van der Waals surface area contributed by atoms with Crippen molar-refractivity contribution in [2.75, 3.05) is 0 Å². The number of hydrogen-bond donors (Lipinski definition) is 0. The summed E-state index contributed by atoms with van der Waals surface area (Å²) in [5, 5.41) is 0. The molecule has 0 amide bonds. The molecule has 0 fully saturated rings. The standard InChI is InChI=1S/C14H20/c1-3-5-7-9-11-13-14-12-10-8-6-4-2/h1-2,13-14H,5-12H2/b14-13+. The fourth-order valence-electron chi connectivity index (χ4n) is 1.21. The maximum atomic E-state index is 5.15. The summed E-state index contributed by atoms with van der Waals surface area (Å²) in [6.07, 6.45) is 23.7. The minimum Gasteiger partial charge on any atom is -0.120 e. The van der Waals surface area contributed by atoms with E-state index in [0.29, 0.717) is 0 Å². The van der Waals surface area contributed by atoms with Gasteiger partial charge in [-0.05, 0) is 38.5 Å². The highest BCUT2D eigenvalue weighted by molar-refractivity contribution is 4.86. The lowest BCUT2D eigenvalue weighted by atomic mass is 10.1. The largest absolute Gasteiger partial charge is 0.120 e. The lowest BCUT2D eigenvalue weighted by Crippen LogP contribution is -1.74. The molecule has 0 rings (SSSR count). The third-order valence-electron chi connectivity index (χ3n) is 2.05. The third kappa shape index (κ3) is 10.9. The molecule has 0 N–H and O–H groups in total. The molecule has 0 atom stereocenters. The summed E-state index contributed by atoms with van der Waals surface area (Å²) in [6.45, 7) is 0. The van der Waals surface area contributed by atoms with E-state index in [0.717, 1.165) is 38.5 Å². The van der Waals surface area contributed by atoms with E-state index in [9.17, 15) is 0 Å². The SMILES string of the molecule is C#CCCCC/C=C/CCCCC#C. The van der Waals surface area contributed by atoms with Gasteiger partial charge in [-0.3, -0.25) is 0 Å². The topological polar surface area (TPSA) is 0 Å². The Morgan fingerprint density at radius 2 is 1.14 bits per heavy atom. The molecule has 0 saturated carbocycles. The van der Waals surface area contributed by atoms with E-state index in [2.05, 4.69) is 24.0 Å². The maximum Gasteiger partial charge on any atom is 0.00861 e. The smallest absolute Gasteiger partial charge is 0.00861 e. The molecule has 0 spiro atoms. The third-order valence-corrected chi connectivity index (χ3v) is 2.05. The van der Waals surface area contributed by atoms with Crippen LogP contribution < -0.4 is 0 Å². The van der Waals surface area contributed by atoms with Crippen LogP contribution in [0.5, 0.6) is 0 Å². The van der Waals surface area contributed by atoms with Crippen molar-refractivity contribution in [2.24, 2.45) is 0 Å². The van der Waals surface area contributed by atoms with Crippen molar-refractivity contribution in [1.82, 2.24) is 0 Å². The van der Waals surface area contributed by atoms with E-state index >= 15 is 0 Å². The van der Waals surface area contributed by atoms with Crippen LogP contribution in [0.2, 0.25) is 0 Å². The van der Waals surface area contributed by atoms with Gasteiger partial charge in [0.1, 0.15) is 0 Å². The van der Waals surface area contributed by atoms with Crippen LogP contribution in [-0.2, 0) is 0 Å². The van der Waals surface area contributed by atoms with Crippen LogP contribution in [-0.4, -0.2) is 0 Å². The van der Waals surface area contributed by atoms with Crippen LogP contribution in [0.1, 0.15) is 51.4 Å². The van der Waals surface area contributed by atoms with Gasteiger partial charge in [-0.2, -0.15) is 0 Å². The predicted octanol–water partition coefficient (Wildman–Crippen LogP) is 3.93. The van der Waals surface area contributed by atoms with Gasteiger partial charge in [-0.15, -0.1) is 24.7 Å². The van der Waals surface area contributed by atoms with E-state index in [4.69, 9.17) is 12.8 Å². The van der Waals surface area contributed by atoms with E-state index in [-0.39, 0.29) is 0 Å². The Hall–Kier alpha value is -1.14. The number of hydrogen-bond acceptors (Lipinski definition) is 0. The Labute approximate surface area is 88.8 Å². The Morgan fingerprint density at radius 3 is 1.50 bits per heavy atom. The molecule has 0 bridgehead atoms. The second-order valence-corrected chi connectivity index (χ2v) is 3.37. The quantitative estimate of drug-likeness (QED) is 0.307. The number of unbranched alkanes of at least 4 members (excludes halogenated alkanes) is 6. The molecule has 0 saturated heterocycles. The van der Waals surface area contributed by atoms with Gasteiger partial charge in [-0.1, -0.05) is 12.2 Å². The van der Waals surface area contributed by atoms with Crippen LogP contribution in [0.4, 0.5) is 0 Å². The lowest BCUT2D eigenvalue weighted by Gasteiger charge is -1.93. The van der Waals surface area contributed by atoms with Crippen molar-refractivity contribution in [1.29, 1.82) is 0 Å². The molecule has 0 aromatic carbocycles. The van der Waals surface area contributed by atoms with E-state index in [1.54, 1.807) is 0 Å². The van der Waals surface area contributed by atoms with E-state index in [1.807, 2.05) is 0 Å². The highest BCUT2D eigenvalue weighted by Gasteiger charge is 1.84. The first-order chi connectivity index (χ1) is 6.91. The van der Waals surface area contributed by atoms with Crippen LogP contribution in [0.3, 0.4) is 0 Å². The van der Waals surface area contributed by atoms with Gasteiger partial charge in [0.25, 0.3) is 0 Å². The summed E-state index contributed by atoms with van der Waals surface area (Å²) >= 11 is 0. The van der Waals surface area contributed by atoms with Gasteiger partial charge >= 0.3 is 0 Å².